The third-order valence-corrected chi connectivity index (χ3v) is 3.95. The highest BCUT2D eigenvalue weighted by atomic mass is 19.2. The predicted molar refractivity (Wildman–Crippen MR) is 99.2 cm³/mol. The van der Waals surface area contributed by atoms with Crippen molar-refractivity contribution in [1.29, 1.82) is 0 Å². The van der Waals surface area contributed by atoms with E-state index in [1.165, 1.54) is 0 Å². The summed E-state index contributed by atoms with van der Waals surface area (Å²) in [5, 5.41) is 13.6. The minimum absolute atomic E-state index is 0.0277. The Morgan fingerprint density at radius 3 is 2.31 bits per heavy atom. The number of phenols is 1. The van der Waals surface area contributed by atoms with E-state index in [1.54, 1.807) is 18.2 Å². The number of ether oxygens (including phenoxy) is 1. The van der Waals surface area contributed by atoms with Crippen LogP contribution >= 0.6 is 0 Å². The van der Waals surface area contributed by atoms with Gasteiger partial charge in [0.15, 0.2) is 24.0 Å². The average molecular weight is 413 g/mol. The van der Waals surface area contributed by atoms with E-state index in [0.717, 1.165) is 25.0 Å². The van der Waals surface area contributed by atoms with Gasteiger partial charge in [-0.05, 0) is 26.0 Å². The lowest BCUT2D eigenvalue weighted by atomic mass is 10.2. The lowest BCUT2D eigenvalue weighted by molar-refractivity contribution is -0.123. The zero-order valence-electron chi connectivity index (χ0n) is 15.7. The Morgan fingerprint density at radius 1 is 1.14 bits per heavy atom. The van der Waals surface area contributed by atoms with Gasteiger partial charge in [0.25, 0.3) is 5.91 Å². The monoisotopic (exact) mass is 413 g/mol. The molecule has 0 heterocycles. The summed E-state index contributed by atoms with van der Waals surface area (Å²) < 4.78 is 57.6. The van der Waals surface area contributed by atoms with Crippen molar-refractivity contribution < 1.29 is 32.2 Å². The third-order valence-electron chi connectivity index (χ3n) is 3.95. The largest absolute Gasteiger partial charge is 0.507 e. The van der Waals surface area contributed by atoms with Crippen molar-refractivity contribution in [2.75, 3.05) is 24.6 Å². The molecule has 0 saturated carbocycles. The smallest absolute Gasteiger partial charge is 0.277 e. The number of nitrogens with one attached hydrogen (secondary N) is 1. The van der Waals surface area contributed by atoms with Crippen molar-refractivity contribution >= 4 is 17.8 Å². The SMILES string of the molecule is CCN(CC)c1ccc(/C=N/NC(=O)COc2c(F)c(F)cc(F)c2F)c(O)c1. The van der Waals surface area contributed by atoms with Gasteiger partial charge in [-0.25, -0.2) is 14.2 Å². The number of hydrogen-bond donors (Lipinski definition) is 2. The van der Waals surface area contributed by atoms with Crippen molar-refractivity contribution in [3.8, 4) is 11.5 Å². The van der Waals surface area contributed by atoms with Crippen molar-refractivity contribution in [3.05, 3.63) is 53.1 Å². The van der Waals surface area contributed by atoms with E-state index < -0.39 is 41.5 Å². The fourth-order valence-electron chi connectivity index (χ4n) is 2.45. The Labute approximate surface area is 164 Å². The van der Waals surface area contributed by atoms with Crippen LogP contribution in [-0.4, -0.2) is 36.9 Å². The van der Waals surface area contributed by atoms with Crippen molar-refractivity contribution in [3.63, 3.8) is 0 Å². The topological polar surface area (TPSA) is 74.2 Å². The lowest BCUT2D eigenvalue weighted by Crippen LogP contribution is -2.25. The molecule has 2 aromatic rings. The van der Waals surface area contributed by atoms with Gasteiger partial charge >= 0.3 is 0 Å². The van der Waals surface area contributed by atoms with E-state index in [0.29, 0.717) is 5.56 Å². The fourth-order valence-corrected chi connectivity index (χ4v) is 2.45. The van der Waals surface area contributed by atoms with Gasteiger partial charge in [-0.3, -0.25) is 4.79 Å². The molecule has 29 heavy (non-hydrogen) atoms. The van der Waals surface area contributed by atoms with Gasteiger partial charge in [0.1, 0.15) is 5.75 Å². The molecular formula is C19H19F4N3O3. The normalized spacial score (nSPS) is 11.0. The molecular weight excluding hydrogens is 394 g/mol. The molecule has 0 aliphatic rings. The molecule has 0 bridgehead atoms. The van der Waals surface area contributed by atoms with Gasteiger partial charge < -0.3 is 14.7 Å². The molecule has 0 aliphatic carbocycles. The maximum Gasteiger partial charge on any atom is 0.277 e. The Bertz CT molecular complexity index is 892. The van der Waals surface area contributed by atoms with Crippen LogP contribution in [0.3, 0.4) is 0 Å². The molecule has 0 fully saturated rings. The number of phenolic OH excluding ortho intramolecular Hbond substituents is 1. The zero-order chi connectivity index (χ0) is 21.6. The molecule has 0 aliphatic heterocycles. The number of hydrogen-bond acceptors (Lipinski definition) is 5. The van der Waals surface area contributed by atoms with E-state index in [4.69, 9.17) is 0 Å². The van der Waals surface area contributed by atoms with Crippen LogP contribution in [-0.2, 0) is 4.79 Å². The number of anilines is 1. The van der Waals surface area contributed by atoms with Crippen LogP contribution in [0.15, 0.2) is 29.4 Å². The first kappa shape index (κ1) is 22.0. The van der Waals surface area contributed by atoms with Gasteiger partial charge in [-0.15, -0.1) is 0 Å². The highest BCUT2D eigenvalue weighted by Crippen LogP contribution is 2.26. The first-order valence-corrected chi connectivity index (χ1v) is 8.64. The number of carbonyl (C=O) groups is 1. The Hall–Kier alpha value is -3.30. The van der Waals surface area contributed by atoms with E-state index in [9.17, 15) is 27.5 Å². The minimum atomic E-state index is -1.75. The molecule has 1 amide bonds. The molecule has 2 aromatic carbocycles. The van der Waals surface area contributed by atoms with Crippen LogP contribution < -0.4 is 15.1 Å². The van der Waals surface area contributed by atoms with Gasteiger partial charge in [-0.2, -0.15) is 13.9 Å². The quantitative estimate of drug-likeness (QED) is 0.301. The second-order valence-corrected chi connectivity index (χ2v) is 5.79. The number of carbonyl (C=O) groups excluding carboxylic acids is 1. The van der Waals surface area contributed by atoms with Crippen molar-refractivity contribution in [1.82, 2.24) is 5.43 Å². The number of rotatable bonds is 8. The molecule has 2 rings (SSSR count). The second-order valence-electron chi connectivity index (χ2n) is 5.79. The van der Waals surface area contributed by atoms with E-state index in [1.807, 2.05) is 24.2 Å². The molecule has 0 spiro atoms. The molecule has 156 valence electrons. The van der Waals surface area contributed by atoms with Crippen molar-refractivity contribution in [2.45, 2.75) is 13.8 Å². The number of halogens is 4. The highest BCUT2D eigenvalue weighted by Gasteiger charge is 2.21. The van der Waals surface area contributed by atoms with Crippen LogP contribution in [0.4, 0.5) is 23.2 Å². The van der Waals surface area contributed by atoms with Gasteiger partial charge in [-0.1, -0.05) is 0 Å². The molecule has 2 N–H and O–H groups in total. The molecule has 0 atom stereocenters. The van der Waals surface area contributed by atoms with E-state index in [-0.39, 0.29) is 11.8 Å². The number of benzene rings is 2. The summed E-state index contributed by atoms with van der Waals surface area (Å²) in [4.78, 5) is 13.7. The highest BCUT2D eigenvalue weighted by molar-refractivity contribution is 5.86. The summed E-state index contributed by atoms with van der Waals surface area (Å²) in [6.45, 7) is 4.53. The molecule has 0 saturated heterocycles. The van der Waals surface area contributed by atoms with E-state index >= 15 is 0 Å². The Balaban J connectivity index is 1.97. The van der Waals surface area contributed by atoms with Crippen LogP contribution in [0.2, 0.25) is 0 Å². The standard InChI is InChI=1S/C19H19F4N3O3/c1-3-26(4-2)12-6-5-11(15(27)7-12)9-24-25-16(28)10-29-19-17(22)13(20)8-14(21)18(19)23/h5-9,27H,3-4,10H2,1-2H3,(H,25,28)/b24-9+. The molecule has 0 unspecified atom stereocenters. The van der Waals surface area contributed by atoms with Crippen LogP contribution in [0, 0.1) is 23.3 Å². The fraction of sp³-hybridized carbons (Fsp3) is 0.263. The third kappa shape index (κ3) is 5.37. The molecule has 10 heteroatoms. The molecule has 0 radical (unpaired) electrons. The number of amides is 1. The predicted octanol–water partition coefficient (Wildman–Crippen LogP) is 3.32. The molecule has 6 nitrogen and oxygen atoms in total. The minimum Gasteiger partial charge on any atom is -0.507 e. The Kier molecular flexibility index (Phi) is 7.40. The number of hydrazone groups is 1. The maximum absolute atomic E-state index is 13.5. The maximum atomic E-state index is 13.5. The summed E-state index contributed by atoms with van der Waals surface area (Å²) >= 11 is 0. The number of nitrogens with zero attached hydrogens (tertiary/aromatic N) is 2. The van der Waals surface area contributed by atoms with Gasteiger partial charge in [0.2, 0.25) is 11.6 Å². The van der Waals surface area contributed by atoms with Crippen molar-refractivity contribution in [2.24, 2.45) is 5.10 Å². The van der Waals surface area contributed by atoms with Crippen LogP contribution in [0.5, 0.6) is 11.5 Å². The summed E-state index contributed by atoms with van der Waals surface area (Å²) in [5.74, 6) is -9.16. The average Bonchev–Trinajstić information content (AvgIpc) is 2.69. The zero-order valence-corrected chi connectivity index (χ0v) is 15.7. The summed E-state index contributed by atoms with van der Waals surface area (Å²) in [5.41, 5.74) is 3.13. The first-order valence-electron chi connectivity index (χ1n) is 8.64. The van der Waals surface area contributed by atoms with Gasteiger partial charge in [0.05, 0.1) is 6.21 Å². The van der Waals surface area contributed by atoms with Crippen LogP contribution in [0.1, 0.15) is 19.4 Å². The Morgan fingerprint density at radius 2 is 1.76 bits per heavy atom. The lowest BCUT2D eigenvalue weighted by Gasteiger charge is -2.21. The number of aromatic hydroxyl groups is 1. The second kappa shape index (κ2) is 9.76. The van der Waals surface area contributed by atoms with Crippen LogP contribution in [0.25, 0.3) is 0 Å². The summed E-state index contributed by atoms with van der Waals surface area (Å²) in [7, 11) is 0. The molecule has 0 aromatic heterocycles. The first-order chi connectivity index (χ1) is 13.8. The van der Waals surface area contributed by atoms with Gasteiger partial charge in [0, 0.05) is 36.5 Å². The summed E-state index contributed by atoms with van der Waals surface area (Å²) in [6.07, 6.45) is 1.16. The van der Waals surface area contributed by atoms with E-state index in [2.05, 4.69) is 9.84 Å². The summed E-state index contributed by atoms with van der Waals surface area (Å²) in [6, 6.07) is 4.93.